The number of hydrogen-bond donors (Lipinski definition) is 1. The largest absolute Gasteiger partial charge is 0.310 e. The second-order valence-corrected chi connectivity index (χ2v) is 6.43. The molecule has 0 spiro atoms. The first-order chi connectivity index (χ1) is 8.16. The Morgan fingerprint density at radius 3 is 2.29 bits per heavy atom. The second-order valence-electron chi connectivity index (χ2n) is 6.43. The van der Waals surface area contributed by atoms with Crippen LogP contribution in [0.15, 0.2) is 0 Å². The first-order valence-electron chi connectivity index (χ1n) is 7.67. The van der Waals surface area contributed by atoms with Gasteiger partial charge in [0, 0.05) is 24.7 Å². The summed E-state index contributed by atoms with van der Waals surface area (Å²) < 4.78 is 0. The molecule has 0 bridgehead atoms. The molecule has 1 aliphatic carbocycles. The average Bonchev–Trinajstić information content (AvgIpc) is 2.79. The van der Waals surface area contributed by atoms with Crippen molar-refractivity contribution >= 4 is 0 Å². The molecule has 2 aliphatic rings. The molecule has 1 heterocycles. The molecule has 2 rings (SSSR count). The van der Waals surface area contributed by atoms with Crippen molar-refractivity contribution in [2.75, 3.05) is 13.1 Å². The Bertz CT molecular complexity index is 221. The number of likely N-dealkylation sites (tertiary alicyclic amines) is 1. The Morgan fingerprint density at radius 2 is 1.71 bits per heavy atom. The van der Waals surface area contributed by atoms with Crippen LogP contribution in [0.2, 0.25) is 0 Å². The van der Waals surface area contributed by atoms with E-state index < -0.39 is 0 Å². The van der Waals surface area contributed by atoms with Gasteiger partial charge in [-0.15, -0.1) is 0 Å². The van der Waals surface area contributed by atoms with Crippen molar-refractivity contribution < 1.29 is 0 Å². The minimum absolute atomic E-state index is 0.715. The van der Waals surface area contributed by atoms with Gasteiger partial charge < -0.3 is 5.32 Å². The molecule has 0 aromatic heterocycles. The van der Waals surface area contributed by atoms with Gasteiger partial charge in [-0.25, -0.2) is 0 Å². The molecule has 1 saturated carbocycles. The highest BCUT2D eigenvalue weighted by Gasteiger charge is 2.27. The van der Waals surface area contributed by atoms with Crippen LogP contribution in [-0.4, -0.2) is 36.1 Å². The van der Waals surface area contributed by atoms with Gasteiger partial charge in [0.25, 0.3) is 0 Å². The normalized spacial score (nSPS) is 30.0. The van der Waals surface area contributed by atoms with Crippen molar-refractivity contribution in [3.05, 3.63) is 0 Å². The zero-order chi connectivity index (χ0) is 12.3. The van der Waals surface area contributed by atoms with E-state index in [1.54, 1.807) is 0 Å². The number of nitrogens with one attached hydrogen (secondary N) is 1. The smallest absolute Gasteiger partial charge is 0.0209 e. The molecule has 0 aromatic rings. The van der Waals surface area contributed by atoms with Crippen molar-refractivity contribution in [3.63, 3.8) is 0 Å². The molecular formula is C15H30N2. The van der Waals surface area contributed by atoms with Gasteiger partial charge in [0.15, 0.2) is 0 Å². The third kappa shape index (κ3) is 3.69. The Morgan fingerprint density at radius 1 is 1.00 bits per heavy atom. The van der Waals surface area contributed by atoms with Gasteiger partial charge in [0.1, 0.15) is 0 Å². The maximum absolute atomic E-state index is 3.89. The fraction of sp³-hybridized carbons (Fsp3) is 1.00. The van der Waals surface area contributed by atoms with Crippen LogP contribution in [0.1, 0.15) is 59.3 Å². The topological polar surface area (TPSA) is 15.3 Å². The summed E-state index contributed by atoms with van der Waals surface area (Å²) in [5.41, 5.74) is 0. The van der Waals surface area contributed by atoms with E-state index in [1.165, 1.54) is 51.6 Å². The van der Waals surface area contributed by atoms with Crippen LogP contribution in [0, 0.1) is 5.92 Å². The first kappa shape index (κ1) is 13.4. The monoisotopic (exact) mass is 238 g/mol. The SMILES string of the molecule is CC(C)N1CCC(N[C@H](C)C2CCCCC2)C1. The number of rotatable bonds is 4. The number of nitrogens with zero attached hydrogens (tertiary/aromatic N) is 1. The van der Waals surface area contributed by atoms with Gasteiger partial charge >= 0.3 is 0 Å². The van der Waals surface area contributed by atoms with Crippen LogP contribution in [0.3, 0.4) is 0 Å². The summed E-state index contributed by atoms with van der Waals surface area (Å²) in [6.45, 7) is 9.58. The lowest BCUT2D eigenvalue weighted by atomic mass is 9.84. The molecule has 0 aromatic carbocycles. The molecule has 2 fully saturated rings. The Kier molecular flexibility index (Phi) is 4.87. The molecule has 100 valence electrons. The lowest BCUT2D eigenvalue weighted by Gasteiger charge is -2.31. The van der Waals surface area contributed by atoms with Gasteiger partial charge in [-0.2, -0.15) is 0 Å². The van der Waals surface area contributed by atoms with Gasteiger partial charge in [0.05, 0.1) is 0 Å². The van der Waals surface area contributed by atoms with Crippen LogP contribution >= 0.6 is 0 Å². The van der Waals surface area contributed by atoms with Crippen molar-refractivity contribution in [3.8, 4) is 0 Å². The predicted molar refractivity (Wildman–Crippen MR) is 74.3 cm³/mol. The van der Waals surface area contributed by atoms with E-state index in [0.29, 0.717) is 6.04 Å². The molecule has 0 amide bonds. The summed E-state index contributed by atoms with van der Waals surface area (Å²) >= 11 is 0. The summed E-state index contributed by atoms with van der Waals surface area (Å²) in [6.07, 6.45) is 8.63. The summed E-state index contributed by atoms with van der Waals surface area (Å²) in [7, 11) is 0. The van der Waals surface area contributed by atoms with E-state index in [9.17, 15) is 0 Å². The van der Waals surface area contributed by atoms with E-state index >= 15 is 0 Å². The molecule has 2 nitrogen and oxygen atoms in total. The molecule has 1 saturated heterocycles. The zero-order valence-electron chi connectivity index (χ0n) is 11.9. The lowest BCUT2D eigenvalue weighted by molar-refractivity contribution is 0.243. The second kappa shape index (κ2) is 6.19. The first-order valence-corrected chi connectivity index (χ1v) is 7.67. The number of hydrogen-bond acceptors (Lipinski definition) is 2. The molecular weight excluding hydrogens is 208 g/mol. The average molecular weight is 238 g/mol. The summed E-state index contributed by atoms with van der Waals surface area (Å²) in [5, 5.41) is 3.89. The van der Waals surface area contributed by atoms with E-state index in [0.717, 1.165) is 18.0 Å². The van der Waals surface area contributed by atoms with Crippen LogP contribution in [0.4, 0.5) is 0 Å². The van der Waals surface area contributed by atoms with E-state index in [4.69, 9.17) is 0 Å². The third-order valence-corrected chi connectivity index (χ3v) is 4.81. The molecule has 1 unspecified atom stereocenters. The Balaban J connectivity index is 1.73. The highest BCUT2D eigenvalue weighted by molar-refractivity contribution is 4.86. The molecule has 0 radical (unpaired) electrons. The molecule has 2 heteroatoms. The highest BCUT2D eigenvalue weighted by Crippen LogP contribution is 2.27. The van der Waals surface area contributed by atoms with E-state index in [1.807, 2.05) is 0 Å². The van der Waals surface area contributed by atoms with Crippen molar-refractivity contribution in [2.45, 2.75) is 77.4 Å². The highest BCUT2D eigenvalue weighted by atomic mass is 15.2. The van der Waals surface area contributed by atoms with Gasteiger partial charge in [-0.1, -0.05) is 19.3 Å². The minimum atomic E-state index is 0.715. The maximum Gasteiger partial charge on any atom is 0.0209 e. The minimum Gasteiger partial charge on any atom is -0.310 e. The van der Waals surface area contributed by atoms with Gasteiger partial charge in [-0.3, -0.25) is 4.90 Å². The molecule has 1 aliphatic heterocycles. The Labute approximate surface area is 107 Å². The zero-order valence-corrected chi connectivity index (χ0v) is 11.9. The quantitative estimate of drug-likeness (QED) is 0.810. The van der Waals surface area contributed by atoms with Crippen LogP contribution in [0.25, 0.3) is 0 Å². The van der Waals surface area contributed by atoms with Crippen LogP contribution in [0.5, 0.6) is 0 Å². The van der Waals surface area contributed by atoms with Crippen molar-refractivity contribution in [1.29, 1.82) is 0 Å². The van der Waals surface area contributed by atoms with Gasteiger partial charge in [-0.05, 0) is 52.5 Å². The molecule has 2 atom stereocenters. The van der Waals surface area contributed by atoms with Crippen molar-refractivity contribution in [2.24, 2.45) is 5.92 Å². The molecule has 1 N–H and O–H groups in total. The van der Waals surface area contributed by atoms with E-state index in [-0.39, 0.29) is 0 Å². The van der Waals surface area contributed by atoms with Gasteiger partial charge in [0.2, 0.25) is 0 Å². The fourth-order valence-electron chi connectivity index (χ4n) is 3.53. The van der Waals surface area contributed by atoms with Crippen LogP contribution < -0.4 is 5.32 Å². The Hall–Kier alpha value is -0.0800. The predicted octanol–water partition coefficient (Wildman–Crippen LogP) is 3.03. The summed E-state index contributed by atoms with van der Waals surface area (Å²) in [5.74, 6) is 0.942. The van der Waals surface area contributed by atoms with Crippen LogP contribution in [-0.2, 0) is 0 Å². The maximum atomic E-state index is 3.89. The lowest BCUT2D eigenvalue weighted by Crippen LogP contribution is -2.43. The summed E-state index contributed by atoms with van der Waals surface area (Å²) in [4.78, 5) is 2.60. The van der Waals surface area contributed by atoms with E-state index in [2.05, 4.69) is 31.0 Å². The standard InChI is InChI=1S/C15H30N2/c1-12(2)17-10-9-15(11-17)16-13(3)14-7-5-4-6-8-14/h12-16H,4-11H2,1-3H3/t13-,15?/m1/s1. The third-order valence-electron chi connectivity index (χ3n) is 4.81. The summed E-state index contributed by atoms with van der Waals surface area (Å²) in [6, 6.07) is 2.19. The molecule has 17 heavy (non-hydrogen) atoms. The van der Waals surface area contributed by atoms with Crippen molar-refractivity contribution in [1.82, 2.24) is 10.2 Å². The fourth-order valence-corrected chi connectivity index (χ4v) is 3.53.